The van der Waals surface area contributed by atoms with Gasteiger partial charge < -0.3 is 10.4 Å². The van der Waals surface area contributed by atoms with Crippen LogP contribution in [0.25, 0.3) is 0 Å². The van der Waals surface area contributed by atoms with E-state index in [0.29, 0.717) is 5.41 Å². The number of hydrogen-bond donors (Lipinski definition) is 2. The Morgan fingerprint density at radius 1 is 1.06 bits per heavy atom. The molecular formula is C14H29NO. The van der Waals surface area contributed by atoms with E-state index in [2.05, 4.69) is 39.9 Å². The van der Waals surface area contributed by atoms with Crippen LogP contribution in [-0.4, -0.2) is 22.8 Å². The summed E-state index contributed by atoms with van der Waals surface area (Å²) in [5.41, 5.74) is 0.000515. The Labute approximate surface area is 101 Å². The van der Waals surface area contributed by atoms with E-state index in [1.165, 1.54) is 12.8 Å². The molecule has 0 amide bonds. The van der Waals surface area contributed by atoms with Crippen LogP contribution < -0.4 is 5.32 Å². The molecule has 1 saturated carbocycles. The first-order valence-corrected chi connectivity index (χ1v) is 6.59. The Morgan fingerprint density at radius 3 is 2.00 bits per heavy atom. The Bertz CT molecular complexity index is 221. The van der Waals surface area contributed by atoms with Gasteiger partial charge in [0.15, 0.2) is 0 Å². The average Bonchev–Trinajstić information content (AvgIpc) is 2.46. The quantitative estimate of drug-likeness (QED) is 0.773. The molecule has 0 aromatic rings. The molecule has 1 rings (SSSR count). The number of aliphatic hydroxyl groups is 1. The highest BCUT2D eigenvalue weighted by Crippen LogP contribution is 2.31. The van der Waals surface area contributed by atoms with Gasteiger partial charge in [-0.1, -0.05) is 33.6 Å². The van der Waals surface area contributed by atoms with Crippen molar-refractivity contribution in [3.63, 3.8) is 0 Å². The second-order valence-corrected chi connectivity index (χ2v) is 7.41. The van der Waals surface area contributed by atoms with E-state index in [-0.39, 0.29) is 5.54 Å². The molecule has 0 atom stereocenters. The van der Waals surface area contributed by atoms with Gasteiger partial charge in [0.1, 0.15) is 0 Å². The van der Waals surface area contributed by atoms with Gasteiger partial charge in [-0.15, -0.1) is 0 Å². The molecule has 0 aromatic heterocycles. The summed E-state index contributed by atoms with van der Waals surface area (Å²) in [6, 6.07) is 0. The van der Waals surface area contributed by atoms with Gasteiger partial charge in [-0.2, -0.15) is 0 Å². The molecule has 0 aromatic carbocycles. The molecule has 1 fully saturated rings. The summed E-state index contributed by atoms with van der Waals surface area (Å²) in [5.74, 6) is 0. The van der Waals surface area contributed by atoms with E-state index in [0.717, 1.165) is 25.8 Å². The zero-order valence-corrected chi connectivity index (χ0v) is 11.7. The number of hydrogen-bond acceptors (Lipinski definition) is 2. The molecule has 0 unspecified atom stereocenters. The van der Waals surface area contributed by atoms with Gasteiger partial charge in [-0.25, -0.2) is 0 Å². The fourth-order valence-electron chi connectivity index (χ4n) is 3.00. The molecule has 16 heavy (non-hydrogen) atoms. The molecule has 0 aliphatic heterocycles. The predicted molar refractivity (Wildman–Crippen MR) is 69.6 cm³/mol. The first-order valence-electron chi connectivity index (χ1n) is 6.59. The molecule has 1 aliphatic rings. The molecule has 0 heterocycles. The second kappa shape index (κ2) is 4.66. The summed E-state index contributed by atoms with van der Waals surface area (Å²) in [6.45, 7) is 12.0. The van der Waals surface area contributed by atoms with Crippen molar-refractivity contribution in [1.82, 2.24) is 5.32 Å². The van der Waals surface area contributed by atoms with Gasteiger partial charge in [0.25, 0.3) is 0 Å². The zero-order valence-electron chi connectivity index (χ0n) is 11.7. The van der Waals surface area contributed by atoms with Crippen molar-refractivity contribution in [1.29, 1.82) is 0 Å². The second-order valence-electron chi connectivity index (χ2n) is 7.41. The molecule has 2 nitrogen and oxygen atoms in total. The lowest BCUT2D eigenvalue weighted by Gasteiger charge is -2.36. The highest BCUT2D eigenvalue weighted by Gasteiger charge is 2.33. The van der Waals surface area contributed by atoms with Crippen LogP contribution in [0, 0.1) is 5.41 Å². The smallest absolute Gasteiger partial charge is 0.0771 e. The lowest BCUT2D eigenvalue weighted by Crippen LogP contribution is -2.49. The minimum absolute atomic E-state index is 0.108. The van der Waals surface area contributed by atoms with Gasteiger partial charge in [0, 0.05) is 12.1 Å². The van der Waals surface area contributed by atoms with E-state index < -0.39 is 5.60 Å². The molecule has 2 heteroatoms. The van der Waals surface area contributed by atoms with Gasteiger partial charge in [-0.3, -0.25) is 0 Å². The summed E-state index contributed by atoms with van der Waals surface area (Å²) < 4.78 is 0. The van der Waals surface area contributed by atoms with Crippen LogP contribution in [0.3, 0.4) is 0 Å². The maximum atomic E-state index is 10.3. The number of nitrogens with one attached hydrogen (secondary N) is 1. The van der Waals surface area contributed by atoms with Crippen LogP contribution in [0.2, 0.25) is 0 Å². The Kier molecular flexibility index (Phi) is 4.07. The highest BCUT2D eigenvalue weighted by molar-refractivity contribution is 4.91. The summed E-state index contributed by atoms with van der Waals surface area (Å²) in [6.07, 6.45) is 5.41. The van der Waals surface area contributed by atoms with E-state index in [1.54, 1.807) is 0 Å². The molecule has 0 spiro atoms. The summed E-state index contributed by atoms with van der Waals surface area (Å²) in [4.78, 5) is 0. The first-order chi connectivity index (χ1) is 7.12. The SMILES string of the molecule is CC(C)(C)CC(C)(C)NCC1(O)CCCC1. The van der Waals surface area contributed by atoms with Crippen LogP contribution in [0.15, 0.2) is 0 Å². The van der Waals surface area contributed by atoms with Gasteiger partial charge in [-0.05, 0) is 38.5 Å². The van der Waals surface area contributed by atoms with Crippen LogP contribution in [0.1, 0.15) is 66.7 Å². The fourth-order valence-corrected chi connectivity index (χ4v) is 3.00. The van der Waals surface area contributed by atoms with Crippen molar-refractivity contribution in [3.8, 4) is 0 Å². The molecule has 96 valence electrons. The van der Waals surface area contributed by atoms with Crippen LogP contribution in [0.5, 0.6) is 0 Å². The molecule has 2 N–H and O–H groups in total. The molecular weight excluding hydrogens is 198 g/mol. The predicted octanol–water partition coefficient (Wildman–Crippen LogP) is 3.10. The van der Waals surface area contributed by atoms with Crippen LogP contribution in [0.4, 0.5) is 0 Å². The zero-order chi connectivity index (χ0) is 12.4. The van der Waals surface area contributed by atoms with Gasteiger partial charge >= 0.3 is 0 Å². The third-order valence-electron chi connectivity index (χ3n) is 3.40. The van der Waals surface area contributed by atoms with Gasteiger partial charge in [0.2, 0.25) is 0 Å². The van der Waals surface area contributed by atoms with Crippen molar-refractivity contribution in [2.75, 3.05) is 6.54 Å². The van der Waals surface area contributed by atoms with E-state index in [1.807, 2.05) is 0 Å². The van der Waals surface area contributed by atoms with E-state index >= 15 is 0 Å². The maximum Gasteiger partial charge on any atom is 0.0771 e. The minimum Gasteiger partial charge on any atom is -0.389 e. The van der Waals surface area contributed by atoms with Crippen LogP contribution in [-0.2, 0) is 0 Å². The summed E-state index contributed by atoms with van der Waals surface area (Å²) >= 11 is 0. The lowest BCUT2D eigenvalue weighted by atomic mass is 9.81. The van der Waals surface area contributed by atoms with Crippen molar-refractivity contribution >= 4 is 0 Å². The topological polar surface area (TPSA) is 32.3 Å². The molecule has 0 radical (unpaired) electrons. The maximum absolute atomic E-state index is 10.3. The third-order valence-corrected chi connectivity index (χ3v) is 3.40. The van der Waals surface area contributed by atoms with Gasteiger partial charge in [0.05, 0.1) is 5.60 Å². The summed E-state index contributed by atoms with van der Waals surface area (Å²) in [7, 11) is 0. The largest absolute Gasteiger partial charge is 0.389 e. The monoisotopic (exact) mass is 227 g/mol. The fraction of sp³-hybridized carbons (Fsp3) is 1.00. The first kappa shape index (κ1) is 14.0. The van der Waals surface area contributed by atoms with E-state index in [4.69, 9.17) is 0 Å². The number of rotatable bonds is 4. The Hall–Kier alpha value is -0.0800. The van der Waals surface area contributed by atoms with Crippen molar-refractivity contribution in [2.45, 2.75) is 77.9 Å². The van der Waals surface area contributed by atoms with Crippen molar-refractivity contribution < 1.29 is 5.11 Å². The normalized spacial score (nSPS) is 21.4. The average molecular weight is 227 g/mol. The standard InChI is InChI=1S/C14H29NO/c1-12(2,3)10-13(4,5)15-11-14(16)8-6-7-9-14/h15-16H,6-11H2,1-5H3. The minimum atomic E-state index is -0.435. The van der Waals surface area contributed by atoms with Crippen molar-refractivity contribution in [2.24, 2.45) is 5.41 Å². The summed E-state index contributed by atoms with van der Waals surface area (Å²) in [5, 5.41) is 13.8. The third kappa shape index (κ3) is 4.84. The lowest BCUT2D eigenvalue weighted by molar-refractivity contribution is 0.0374. The van der Waals surface area contributed by atoms with Crippen LogP contribution >= 0.6 is 0 Å². The molecule has 0 bridgehead atoms. The van der Waals surface area contributed by atoms with E-state index in [9.17, 15) is 5.11 Å². The Morgan fingerprint density at radius 2 is 1.56 bits per heavy atom. The van der Waals surface area contributed by atoms with Crippen molar-refractivity contribution in [3.05, 3.63) is 0 Å². The Balaban J connectivity index is 2.41. The number of β-amino-alcohol motifs (C(OH)–C–C–N with tert-alkyl or cyclic N) is 1. The highest BCUT2D eigenvalue weighted by atomic mass is 16.3. The molecule has 0 saturated heterocycles. The molecule has 1 aliphatic carbocycles.